The second-order valence-corrected chi connectivity index (χ2v) is 7.54. The van der Waals surface area contributed by atoms with Gasteiger partial charge in [-0.05, 0) is 55.5 Å². The molecule has 0 aliphatic carbocycles. The Kier molecular flexibility index (Phi) is 3.69. The van der Waals surface area contributed by atoms with Crippen molar-refractivity contribution in [2.45, 2.75) is 40.5 Å². The summed E-state index contributed by atoms with van der Waals surface area (Å²) in [5, 5.41) is 2.18. The largest absolute Gasteiger partial charge is 0.453 e. The summed E-state index contributed by atoms with van der Waals surface area (Å²) < 4.78 is 7.54. The van der Waals surface area contributed by atoms with Crippen LogP contribution in [-0.4, -0.2) is 4.98 Å². The van der Waals surface area contributed by atoms with Crippen molar-refractivity contribution in [3.63, 3.8) is 0 Å². The third-order valence-electron chi connectivity index (χ3n) is 4.66. The average Bonchev–Trinajstić information content (AvgIpc) is 3.19. The molecule has 0 aliphatic rings. The summed E-state index contributed by atoms with van der Waals surface area (Å²) in [6, 6.07) is 10.9. The first-order valence-electron chi connectivity index (χ1n) is 8.47. The lowest BCUT2D eigenvalue weighted by molar-refractivity contribution is 0.625. The van der Waals surface area contributed by atoms with Gasteiger partial charge >= 0.3 is 0 Å². The van der Waals surface area contributed by atoms with Gasteiger partial charge in [-0.25, -0.2) is 4.98 Å². The zero-order valence-electron chi connectivity index (χ0n) is 14.6. The highest BCUT2D eigenvalue weighted by Gasteiger charge is 2.16. The van der Waals surface area contributed by atoms with E-state index in [-0.39, 0.29) is 0 Å². The number of hydrogen-bond donors (Lipinski definition) is 0. The molecule has 0 N–H and O–H groups in total. The molecular weight excluding hydrogens is 314 g/mol. The molecule has 2 aromatic carbocycles. The quantitative estimate of drug-likeness (QED) is 0.422. The van der Waals surface area contributed by atoms with Crippen LogP contribution in [0.4, 0.5) is 0 Å². The molecule has 122 valence electrons. The number of furan rings is 1. The second kappa shape index (κ2) is 5.75. The fourth-order valence-corrected chi connectivity index (χ4v) is 4.31. The molecule has 0 atom stereocenters. The van der Waals surface area contributed by atoms with E-state index in [2.05, 4.69) is 58.0 Å². The van der Waals surface area contributed by atoms with E-state index in [1.165, 1.54) is 32.3 Å². The highest BCUT2D eigenvalue weighted by atomic mass is 32.1. The van der Waals surface area contributed by atoms with E-state index < -0.39 is 0 Å². The van der Waals surface area contributed by atoms with Gasteiger partial charge in [-0.15, -0.1) is 11.3 Å². The Morgan fingerprint density at radius 3 is 2.50 bits per heavy atom. The normalized spacial score (nSPS) is 11.7. The number of hydrogen-bond acceptors (Lipinski definition) is 3. The van der Waals surface area contributed by atoms with Crippen molar-refractivity contribution in [3.05, 3.63) is 52.6 Å². The van der Waals surface area contributed by atoms with Crippen LogP contribution in [0.25, 0.3) is 32.0 Å². The van der Waals surface area contributed by atoms with Gasteiger partial charge in [0.25, 0.3) is 0 Å². The Hall–Kier alpha value is -2.13. The number of thiazole rings is 1. The number of benzene rings is 2. The minimum Gasteiger partial charge on any atom is -0.453 e. The lowest BCUT2D eigenvalue weighted by atomic mass is 10.0. The van der Waals surface area contributed by atoms with Gasteiger partial charge in [0.15, 0.2) is 10.8 Å². The number of rotatable bonds is 3. The van der Waals surface area contributed by atoms with E-state index in [0.717, 1.165) is 34.7 Å². The van der Waals surface area contributed by atoms with E-state index >= 15 is 0 Å². The maximum absolute atomic E-state index is 6.28. The molecular formula is C21H21NOS. The Labute approximate surface area is 146 Å². The molecule has 2 heterocycles. The molecule has 0 saturated carbocycles. The number of fused-ring (bicyclic) bond motifs is 2. The molecule has 4 aromatic rings. The molecule has 0 amide bonds. The van der Waals surface area contributed by atoms with Gasteiger partial charge in [-0.3, -0.25) is 0 Å². The second-order valence-electron chi connectivity index (χ2n) is 6.54. The molecule has 0 saturated heterocycles. The van der Waals surface area contributed by atoms with Gasteiger partial charge in [-0.1, -0.05) is 37.6 Å². The van der Waals surface area contributed by atoms with Gasteiger partial charge in [0, 0.05) is 5.39 Å². The van der Waals surface area contributed by atoms with Crippen LogP contribution in [-0.2, 0) is 6.42 Å². The molecule has 0 fully saturated rings. The predicted octanol–water partition coefficient (Wildman–Crippen LogP) is 6.59. The predicted molar refractivity (Wildman–Crippen MR) is 103 cm³/mol. The number of nitrogens with zero attached hydrogens (tertiary/aromatic N) is 1. The molecule has 0 unspecified atom stereocenters. The van der Waals surface area contributed by atoms with E-state index in [1.807, 2.05) is 0 Å². The van der Waals surface area contributed by atoms with Crippen molar-refractivity contribution < 1.29 is 4.42 Å². The summed E-state index contributed by atoms with van der Waals surface area (Å²) in [5.74, 6) is 0.886. The highest BCUT2D eigenvalue weighted by Crippen LogP contribution is 2.37. The van der Waals surface area contributed by atoms with E-state index in [0.29, 0.717) is 0 Å². The summed E-state index contributed by atoms with van der Waals surface area (Å²) in [6.45, 7) is 8.61. The van der Waals surface area contributed by atoms with Crippen molar-refractivity contribution in [2.75, 3.05) is 0 Å². The molecule has 24 heavy (non-hydrogen) atoms. The Bertz CT molecular complexity index is 1020. The van der Waals surface area contributed by atoms with Crippen LogP contribution in [0.5, 0.6) is 0 Å². The third-order valence-corrected chi connectivity index (χ3v) is 5.86. The van der Waals surface area contributed by atoms with Crippen molar-refractivity contribution >= 4 is 32.5 Å². The lowest BCUT2D eigenvalue weighted by Crippen LogP contribution is -1.85. The van der Waals surface area contributed by atoms with Gasteiger partial charge in [0.1, 0.15) is 5.58 Å². The van der Waals surface area contributed by atoms with Crippen molar-refractivity contribution in [2.24, 2.45) is 0 Å². The van der Waals surface area contributed by atoms with E-state index in [4.69, 9.17) is 9.40 Å². The average molecular weight is 335 g/mol. The molecule has 0 aliphatic heterocycles. The fraction of sp³-hybridized carbons (Fsp3) is 0.286. The van der Waals surface area contributed by atoms with Gasteiger partial charge in [-0.2, -0.15) is 0 Å². The Balaban J connectivity index is 1.94. The minimum atomic E-state index is 0.886. The Morgan fingerprint density at radius 2 is 1.75 bits per heavy atom. The van der Waals surface area contributed by atoms with Crippen molar-refractivity contribution in [1.29, 1.82) is 0 Å². The highest BCUT2D eigenvalue weighted by molar-refractivity contribution is 7.21. The van der Waals surface area contributed by atoms with Gasteiger partial charge in [0.05, 0.1) is 10.2 Å². The lowest BCUT2D eigenvalue weighted by Gasteiger charge is -2.01. The maximum Gasteiger partial charge on any atom is 0.164 e. The molecule has 0 spiro atoms. The smallest absolute Gasteiger partial charge is 0.164 e. The van der Waals surface area contributed by atoms with Crippen LogP contribution >= 0.6 is 11.3 Å². The molecule has 2 aromatic heterocycles. The van der Waals surface area contributed by atoms with Crippen LogP contribution < -0.4 is 0 Å². The van der Waals surface area contributed by atoms with Gasteiger partial charge < -0.3 is 4.42 Å². The summed E-state index contributed by atoms with van der Waals surface area (Å²) >= 11 is 1.73. The monoisotopic (exact) mass is 335 g/mol. The number of aryl methyl sites for hydroxylation is 4. The zero-order chi connectivity index (χ0) is 16.8. The van der Waals surface area contributed by atoms with Crippen LogP contribution in [0.2, 0.25) is 0 Å². The summed E-state index contributed by atoms with van der Waals surface area (Å²) in [5.41, 5.74) is 7.17. The first kappa shape index (κ1) is 15.4. The Morgan fingerprint density at radius 1 is 1.00 bits per heavy atom. The number of aromatic nitrogens is 1. The van der Waals surface area contributed by atoms with Crippen LogP contribution in [0, 0.1) is 20.8 Å². The summed E-state index contributed by atoms with van der Waals surface area (Å²) in [6.07, 6.45) is 2.16. The maximum atomic E-state index is 6.28. The van der Waals surface area contributed by atoms with E-state index in [1.54, 1.807) is 11.3 Å². The molecule has 4 rings (SSSR count). The molecule has 0 bridgehead atoms. The molecule has 3 heteroatoms. The van der Waals surface area contributed by atoms with Gasteiger partial charge in [0.2, 0.25) is 0 Å². The standard InChI is InChI=1S/C21H21NOS/c1-5-6-15-10-9-12(2)16-11-17(23-19(15)16)21-22-18-13(3)7-8-14(4)20(18)24-21/h7-11H,5-6H2,1-4H3. The molecule has 0 radical (unpaired) electrons. The van der Waals surface area contributed by atoms with Crippen LogP contribution in [0.15, 0.2) is 34.7 Å². The summed E-state index contributed by atoms with van der Waals surface area (Å²) in [4.78, 5) is 4.87. The zero-order valence-corrected chi connectivity index (χ0v) is 15.4. The van der Waals surface area contributed by atoms with Crippen molar-refractivity contribution in [3.8, 4) is 10.8 Å². The van der Waals surface area contributed by atoms with Crippen LogP contribution in [0.3, 0.4) is 0 Å². The minimum absolute atomic E-state index is 0.886. The topological polar surface area (TPSA) is 26.0 Å². The van der Waals surface area contributed by atoms with E-state index in [9.17, 15) is 0 Å². The fourth-order valence-electron chi connectivity index (χ4n) is 3.25. The first-order chi connectivity index (χ1) is 11.6. The van der Waals surface area contributed by atoms with Crippen molar-refractivity contribution in [1.82, 2.24) is 4.98 Å². The SMILES string of the molecule is CCCc1ccc(C)c2cc(-c3nc4c(C)ccc(C)c4s3)oc12. The van der Waals surface area contributed by atoms with Crippen LogP contribution in [0.1, 0.15) is 35.6 Å². The first-order valence-corrected chi connectivity index (χ1v) is 9.29. The third kappa shape index (κ3) is 2.35. The molecule has 2 nitrogen and oxygen atoms in total. The summed E-state index contributed by atoms with van der Waals surface area (Å²) in [7, 11) is 0.